The van der Waals surface area contributed by atoms with Crippen molar-refractivity contribution in [3.05, 3.63) is 95.1 Å². The fraction of sp³-hybridized carbons (Fsp3) is 0.259. The Balaban J connectivity index is 1.42. The molecule has 1 saturated heterocycles. The third-order valence-corrected chi connectivity index (χ3v) is 8.11. The number of halogens is 4. The second kappa shape index (κ2) is 9.45. The highest BCUT2D eigenvalue weighted by Gasteiger charge is 2.50. The fourth-order valence-electron chi connectivity index (χ4n) is 5.25. The molecule has 1 fully saturated rings. The molecule has 1 atom stereocenters. The van der Waals surface area contributed by atoms with E-state index < -0.39 is 22.9 Å². The number of fused-ring (bicyclic) bond motifs is 2. The number of alkyl halides is 3. The summed E-state index contributed by atoms with van der Waals surface area (Å²) < 4.78 is 59.4. The monoisotopic (exact) mass is 554 g/mol. The Kier molecular flexibility index (Phi) is 6.18. The number of carbonyl (C=O) groups excluding carboxylic acids is 1. The molecule has 0 radical (unpaired) electrons. The topological polar surface area (TPSA) is 68.8 Å². The zero-order valence-electron chi connectivity index (χ0n) is 20.7. The van der Waals surface area contributed by atoms with Gasteiger partial charge in [-0.25, -0.2) is 13.4 Å². The first-order valence-corrected chi connectivity index (χ1v) is 12.9. The summed E-state index contributed by atoms with van der Waals surface area (Å²) in [5.74, 6) is -0.827. The summed E-state index contributed by atoms with van der Waals surface area (Å²) in [4.78, 5) is 19.1. The summed E-state index contributed by atoms with van der Waals surface area (Å²) in [6.45, 7) is 0.896. The molecule has 0 amide bonds. The van der Waals surface area contributed by atoms with Gasteiger partial charge in [0.05, 0.1) is 39.6 Å². The van der Waals surface area contributed by atoms with Crippen LogP contribution in [0.2, 0.25) is 0 Å². The lowest BCUT2D eigenvalue weighted by Gasteiger charge is -2.44. The summed E-state index contributed by atoms with van der Waals surface area (Å²) in [5.41, 5.74) is 0.749. The van der Waals surface area contributed by atoms with Crippen LogP contribution in [0.3, 0.4) is 0 Å². The summed E-state index contributed by atoms with van der Waals surface area (Å²) in [5, 5.41) is 8.70. The standard InChI is InChI=1S/C27H22F4N6OS/c1-35-15-22(14-33-35)39-36-9-7-18-11-24-17(13-34-37(24)21-4-2-20(28)3-5-21)12-26(18,16-36)25(38)23-10-19(6-8-32-23)27(29,30)31/h2-6,8,10-11,13-15H,7,9,12,16H2,1H3. The summed E-state index contributed by atoms with van der Waals surface area (Å²) >= 11 is 1.46. The van der Waals surface area contributed by atoms with Gasteiger partial charge in [-0.15, -0.1) is 0 Å². The second-order valence-corrected chi connectivity index (χ2v) is 10.9. The molecule has 6 rings (SSSR count). The van der Waals surface area contributed by atoms with Crippen molar-refractivity contribution in [2.45, 2.75) is 23.9 Å². The van der Waals surface area contributed by atoms with E-state index in [4.69, 9.17) is 0 Å². The number of piperidine rings is 1. The largest absolute Gasteiger partial charge is 0.416 e. The molecule has 1 aliphatic carbocycles. The highest BCUT2D eigenvalue weighted by atomic mass is 32.2. The number of ketones is 1. The number of aromatic nitrogens is 5. The zero-order chi connectivity index (χ0) is 27.4. The number of aryl methyl sites for hydroxylation is 1. The lowest BCUT2D eigenvalue weighted by atomic mass is 9.65. The number of hydrogen-bond acceptors (Lipinski definition) is 6. The molecule has 1 aliphatic heterocycles. The first-order valence-electron chi connectivity index (χ1n) is 12.2. The second-order valence-electron chi connectivity index (χ2n) is 9.68. The number of benzene rings is 1. The summed E-state index contributed by atoms with van der Waals surface area (Å²) in [6.07, 6.45) is 4.36. The van der Waals surface area contributed by atoms with Gasteiger partial charge in [-0.05, 0) is 72.8 Å². The lowest BCUT2D eigenvalue weighted by molar-refractivity contribution is -0.137. The fourth-order valence-corrected chi connectivity index (χ4v) is 6.31. The molecule has 39 heavy (non-hydrogen) atoms. The predicted molar refractivity (Wildman–Crippen MR) is 136 cm³/mol. The summed E-state index contributed by atoms with van der Waals surface area (Å²) in [6, 6.07) is 7.63. The lowest BCUT2D eigenvalue weighted by Crippen LogP contribution is -2.49. The van der Waals surface area contributed by atoms with Gasteiger partial charge in [-0.1, -0.05) is 5.57 Å². The molecule has 0 bridgehead atoms. The Labute approximate surface area is 225 Å². The van der Waals surface area contributed by atoms with Crippen molar-refractivity contribution < 1.29 is 22.4 Å². The maximum Gasteiger partial charge on any atom is 0.416 e. The van der Waals surface area contributed by atoms with E-state index in [1.165, 1.54) is 24.1 Å². The van der Waals surface area contributed by atoms with Crippen molar-refractivity contribution >= 4 is 23.8 Å². The molecule has 12 heteroatoms. The van der Waals surface area contributed by atoms with Gasteiger partial charge in [0.15, 0.2) is 5.78 Å². The van der Waals surface area contributed by atoms with Crippen molar-refractivity contribution in [3.8, 4) is 5.69 Å². The maximum atomic E-state index is 14.2. The molecule has 2 aliphatic rings. The summed E-state index contributed by atoms with van der Waals surface area (Å²) in [7, 11) is 1.81. The molecule has 0 N–H and O–H groups in total. The number of rotatable bonds is 5. The normalized spacial score (nSPS) is 19.4. The van der Waals surface area contributed by atoms with E-state index in [9.17, 15) is 22.4 Å². The average Bonchev–Trinajstić information content (AvgIpc) is 3.52. The highest BCUT2D eigenvalue weighted by molar-refractivity contribution is 7.97. The van der Waals surface area contributed by atoms with E-state index in [-0.39, 0.29) is 24.5 Å². The first-order chi connectivity index (χ1) is 18.6. The van der Waals surface area contributed by atoms with Crippen LogP contribution in [-0.2, 0) is 19.6 Å². The quantitative estimate of drug-likeness (QED) is 0.188. The van der Waals surface area contributed by atoms with E-state index >= 15 is 0 Å². The number of pyridine rings is 1. The molecule has 1 unspecified atom stereocenters. The molecule has 0 saturated carbocycles. The van der Waals surface area contributed by atoms with Gasteiger partial charge in [0.25, 0.3) is 0 Å². The van der Waals surface area contributed by atoms with Gasteiger partial charge in [0.1, 0.15) is 11.5 Å². The number of nitrogens with zero attached hydrogens (tertiary/aromatic N) is 6. The number of hydrogen-bond donors (Lipinski definition) is 0. The van der Waals surface area contributed by atoms with Crippen LogP contribution in [0, 0.1) is 11.2 Å². The minimum atomic E-state index is -4.60. The van der Waals surface area contributed by atoms with Crippen LogP contribution in [0.25, 0.3) is 11.8 Å². The third kappa shape index (κ3) is 4.67. The molecule has 3 aromatic heterocycles. The molecule has 4 heterocycles. The van der Waals surface area contributed by atoms with Crippen molar-refractivity contribution in [3.63, 3.8) is 0 Å². The minimum absolute atomic E-state index is 0.224. The van der Waals surface area contributed by atoms with Gasteiger partial charge in [-0.3, -0.25) is 14.5 Å². The van der Waals surface area contributed by atoms with Gasteiger partial charge in [0.2, 0.25) is 0 Å². The number of carbonyl (C=O) groups is 1. The first kappa shape index (κ1) is 25.5. The molecule has 0 spiro atoms. The molecular weight excluding hydrogens is 532 g/mol. The van der Waals surface area contributed by atoms with Crippen LogP contribution in [0.5, 0.6) is 0 Å². The van der Waals surface area contributed by atoms with Crippen LogP contribution in [-0.4, -0.2) is 47.7 Å². The highest BCUT2D eigenvalue weighted by Crippen LogP contribution is 2.48. The van der Waals surface area contributed by atoms with Crippen molar-refractivity contribution in [1.29, 1.82) is 0 Å². The SMILES string of the molecule is Cn1cc(SN2CCC3=Cc4c(cnn4-c4ccc(F)cc4)CC3(C(=O)c3cc(C(F)(F)F)ccn3)C2)cn1. The Morgan fingerprint density at radius 3 is 2.62 bits per heavy atom. The van der Waals surface area contributed by atoms with Crippen LogP contribution < -0.4 is 0 Å². The molecule has 200 valence electrons. The van der Waals surface area contributed by atoms with Crippen LogP contribution in [0.15, 0.2) is 71.7 Å². The van der Waals surface area contributed by atoms with E-state index in [0.29, 0.717) is 18.7 Å². The van der Waals surface area contributed by atoms with E-state index in [2.05, 4.69) is 19.5 Å². The van der Waals surface area contributed by atoms with Crippen molar-refractivity contribution in [1.82, 2.24) is 28.9 Å². The van der Waals surface area contributed by atoms with Crippen LogP contribution in [0.4, 0.5) is 17.6 Å². The Bertz CT molecular complexity index is 1590. The molecule has 1 aromatic carbocycles. The van der Waals surface area contributed by atoms with Gasteiger partial charge in [-0.2, -0.15) is 23.4 Å². The van der Waals surface area contributed by atoms with E-state index in [1.54, 1.807) is 33.9 Å². The molecule has 7 nitrogen and oxygen atoms in total. The Morgan fingerprint density at radius 1 is 1.10 bits per heavy atom. The van der Waals surface area contributed by atoms with E-state index in [1.807, 2.05) is 19.3 Å². The zero-order valence-corrected chi connectivity index (χ0v) is 21.5. The average molecular weight is 555 g/mol. The van der Waals surface area contributed by atoms with Crippen molar-refractivity contribution in [2.24, 2.45) is 12.5 Å². The minimum Gasteiger partial charge on any atom is -0.291 e. The van der Waals surface area contributed by atoms with Gasteiger partial charge in [0, 0.05) is 32.5 Å². The maximum absolute atomic E-state index is 14.2. The molecular formula is C27H22F4N6OS. The predicted octanol–water partition coefficient (Wildman–Crippen LogP) is 5.38. The van der Waals surface area contributed by atoms with Crippen LogP contribution in [0.1, 0.15) is 33.7 Å². The smallest absolute Gasteiger partial charge is 0.291 e. The third-order valence-electron chi connectivity index (χ3n) is 7.12. The van der Waals surface area contributed by atoms with Crippen LogP contribution >= 0.6 is 11.9 Å². The Morgan fingerprint density at radius 2 is 1.90 bits per heavy atom. The van der Waals surface area contributed by atoms with Gasteiger partial charge >= 0.3 is 6.18 Å². The van der Waals surface area contributed by atoms with Gasteiger partial charge < -0.3 is 0 Å². The van der Waals surface area contributed by atoms with E-state index in [0.717, 1.165) is 40.1 Å². The van der Waals surface area contributed by atoms with Crippen molar-refractivity contribution in [2.75, 3.05) is 13.1 Å². The number of Topliss-reactive ketones (excluding diaryl/α,β-unsaturated/α-hetero) is 1. The Hall–Kier alpha value is -3.77. The molecule has 4 aromatic rings.